The maximum atomic E-state index is 12.9. The van der Waals surface area contributed by atoms with E-state index in [4.69, 9.17) is 0 Å². The Morgan fingerprint density at radius 3 is 2.80 bits per heavy atom. The van der Waals surface area contributed by atoms with Gasteiger partial charge in [0.1, 0.15) is 11.2 Å². The molecular weight excluding hydrogens is 258 g/mol. The summed E-state index contributed by atoms with van der Waals surface area (Å²) >= 11 is 0. The van der Waals surface area contributed by atoms with Gasteiger partial charge in [0, 0.05) is 30.3 Å². The van der Waals surface area contributed by atoms with Crippen LogP contribution in [-0.2, 0) is 9.59 Å². The number of hydrogen-bond acceptors (Lipinski definition) is 4. The van der Waals surface area contributed by atoms with Gasteiger partial charge in [-0.05, 0) is 32.1 Å². The molecule has 2 N–H and O–H groups in total. The van der Waals surface area contributed by atoms with Gasteiger partial charge in [-0.1, -0.05) is 0 Å². The predicted molar refractivity (Wildman–Crippen MR) is 69.6 cm³/mol. The summed E-state index contributed by atoms with van der Waals surface area (Å²) in [5.41, 5.74) is -1.23. The Kier molecular flexibility index (Phi) is 2.32. The number of carbonyl (C=O) groups is 2. The zero-order valence-electron chi connectivity index (χ0n) is 11.7. The molecule has 0 radical (unpaired) electrons. The van der Waals surface area contributed by atoms with Gasteiger partial charge in [0.2, 0.25) is 5.91 Å². The molecule has 20 heavy (non-hydrogen) atoms. The van der Waals surface area contributed by atoms with Gasteiger partial charge in [-0.2, -0.15) is 0 Å². The summed E-state index contributed by atoms with van der Waals surface area (Å²) in [4.78, 5) is 27.0. The van der Waals surface area contributed by atoms with E-state index in [-0.39, 0.29) is 41.6 Å². The van der Waals surface area contributed by atoms with Crippen LogP contribution in [0.5, 0.6) is 0 Å². The van der Waals surface area contributed by atoms with Gasteiger partial charge in [-0.25, -0.2) is 0 Å². The van der Waals surface area contributed by atoms with Gasteiger partial charge in [0.25, 0.3) is 0 Å². The van der Waals surface area contributed by atoms with Crippen LogP contribution < -0.4 is 0 Å². The van der Waals surface area contributed by atoms with E-state index >= 15 is 0 Å². The third-order valence-electron chi connectivity index (χ3n) is 6.77. The molecule has 3 unspecified atom stereocenters. The average Bonchev–Trinajstić information content (AvgIpc) is 2.85. The van der Waals surface area contributed by atoms with E-state index in [2.05, 4.69) is 0 Å². The summed E-state index contributed by atoms with van der Waals surface area (Å²) in [7, 11) is 0. The molecule has 0 aromatic carbocycles. The number of piperidine rings is 1. The standard InChI is InChI=1S/C15H21NO4/c1-2-16-12-8-5-10-14(12,6-9(8)18)4-3-11(19)15(10,7-17)13(16)20/h8,10-12,17,19H,2-7H2,1H3/t8?,10?,11-,12-,14?,15+/m1/s1. The molecule has 4 rings (SSSR count). The summed E-state index contributed by atoms with van der Waals surface area (Å²) in [5, 5.41) is 20.4. The molecule has 5 bridgehead atoms. The van der Waals surface area contributed by atoms with Crippen LogP contribution in [0, 0.1) is 22.7 Å². The molecule has 5 nitrogen and oxygen atoms in total. The van der Waals surface area contributed by atoms with Crippen LogP contribution in [-0.4, -0.2) is 52.1 Å². The van der Waals surface area contributed by atoms with Crippen LogP contribution in [0.25, 0.3) is 0 Å². The lowest BCUT2D eigenvalue weighted by atomic mass is 9.50. The zero-order chi connectivity index (χ0) is 14.3. The van der Waals surface area contributed by atoms with Gasteiger partial charge in [0.05, 0.1) is 12.7 Å². The first kappa shape index (κ1) is 12.8. The van der Waals surface area contributed by atoms with Crippen LogP contribution in [0.2, 0.25) is 0 Å². The van der Waals surface area contributed by atoms with Gasteiger partial charge in [-0.15, -0.1) is 0 Å². The molecule has 3 saturated carbocycles. The van der Waals surface area contributed by atoms with E-state index in [1.165, 1.54) is 0 Å². The van der Waals surface area contributed by atoms with Crippen molar-refractivity contribution >= 4 is 11.7 Å². The third kappa shape index (κ3) is 1.04. The number of rotatable bonds is 2. The zero-order valence-corrected chi connectivity index (χ0v) is 11.7. The quantitative estimate of drug-likeness (QED) is 0.742. The van der Waals surface area contributed by atoms with E-state index in [9.17, 15) is 19.8 Å². The van der Waals surface area contributed by atoms with Crippen molar-refractivity contribution in [2.24, 2.45) is 22.7 Å². The van der Waals surface area contributed by atoms with Crippen LogP contribution in [0.3, 0.4) is 0 Å². The van der Waals surface area contributed by atoms with E-state index < -0.39 is 11.5 Å². The Labute approximate surface area is 117 Å². The Hall–Kier alpha value is -0.940. The highest BCUT2D eigenvalue weighted by atomic mass is 16.3. The van der Waals surface area contributed by atoms with Gasteiger partial charge >= 0.3 is 0 Å². The molecule has 4 fully saturated rings. The summed E-state index contributed by atoms with van der Waals surface area (Å²) in [6.45, 7) is 2.17. The summed E-state index contributed by atoms with van der Waals surface area (Å²) in [5.74, 6) is 0.0644. The fourth-order valence-electron chi connectivity index (χ4n) is 6.08. The van der Waals surface area contributed by atoms with Crippen molar-refractivity contribution in [2.75, 3.05) is 13.2 Å². The maximum absolute atomic E-state index is 12.9. The highest BCUT2D eigenvalue weighted by Crippen LogP contribution is 2.71. The summed E-state index contributed by atoms with van der Waals surface area (Å²) < 4.78 is 0. The number of carbonyl (C=O) groups excluding carboxylic acids is 2. The Morgan fingerprint density at radius 1 is 1.40 bits per heavy atom. The minimum absolute atomic E-state index is 0.0182. The predicted octanol–water partition coefficient (Wildman–Crippen LogP) is -0.0542. The molecule has 1 amide bonds. The molecule has 4 aliphatic rings. The number of aliphatic hydroxyl groups is 2. The second-order valence-electron chi connectivity index (χ2n) is 7.06. The normalized spacial score (nSPS) is 52.9. The topological polar surface area (TPSA) is 77.8 Å². The number of nitrogens with zero attached hydrogens (tertiary/aromatic N) is 1. The SMILES string of the molecule is CCN1C(=O)[C@@]2(CO)C3CC4C(=O)CC3(CC[C@H]2O)[C@@H]41. The molecule has 3 aliphatic carbocycles. The Balaban J connectivity index is 1.94. The van der Waals surface area contributed by atoms with Gasteiger partial charge < -0.3 is 15.1 Å². The average molecular weight is 279 g/mol. The fraction of sp³-hybridized carbons (Fsp3) is 0.867. The molecule has 0 aromatic heterocycles. The highest BCUT2D eigenvalue weighted by Gasteiger charge is 2.77. The van der Waals surface area contributed by atoms with E-state index in [0.29, 0.717) is 25.8 Å². The van der Waals surface area contributed by atoms with E-state index in [1.807, 2.05) is 6.92 Å². The molecule has 1 aliphatic heterocycles. The highest BCUT2D eigenvalue weighted by molar-refractivity contribution is 5.93. The first-order chi connectivity index (χ1) is 9.52. The molecular formula is C15H21NO4. The largest absolute Gasteiger partial charge is 0.395 e. The van der Waals surface area contributed by atoms with Crippen LogP contribution in [0.15, 0.2) is 0 Å². The van der Waals surface area contributed by atoms with Crippen molar-refractivity contribution in [3.8, 4) is 0 Å². The second-order valence-corrected chi connectivity index (χ2v) is 7.06. The van der Waals surface area contributed by atoms with Crippen molar-refractivity contribution in [1.82, 2.24) is 4.90 Å². The first-order valence-corrected chi connectivity index (χ1v) is 7.65. The lowest BCUT2D eigenvalue weighted by Crippen LogP contribution is -2.70. The molecule has 0 aromatic rings. The van der Waals surface area contributed by atoms with E-state index in [0.717, 1.165) is 6.42 Å². The Morgan fingerprint density at radius 2 is 2.15 bits per heavy atom. The van der Waals surface area contributed by atoms with Crippen LogP contribution in [0.4, 0.5) is 0 Å². The maximum Gasteiger partial charge on any atom is 0.234 e. The molecule has 1 saturated heterocycles. The van der Waals surface area contributed by atoms with Crippen molar-refractivity contribution in [3.63, 3.8) is 0 Å². The monoisotopic (exact) mass is 279 g/mol. The van der Waals surface area contributed by atoms with Crippen molar-refractivity contribution in [3.05, 3.63) is 0 Å². The molecule has 5 heteroatoms. The van der Waals surface area contributed by atoms with Crippen LogP contribution >= 0.6 is 0 Å². The lowest BCUT2D eigenvalue weighted by molar-refractivity contribution is -0.202. The number of aliphatic hydroxyl groups excluding tert-OH is 2. The lowest BCUT2D eigenvalue weighted by Gasteiger charge is -2.60. The second kappa shape index (κ2) is 3.63. The van der Waals surface area contributed by atoms with Crippen molar-refractivity contribution < 1.29 is 19.8 Å². The molecule has 1 heterocycles. The number of hydrogen-bond donors (Lipinski definition) is 2. The summed E-state index contributed by atoms with van der Waals surface area (Å²) in [6, 6.07) is 0.0182. The van der Waals surface area contributed by atoms with Gasteiger partial charge in [-0.3, -0.25) is 9.59 Å². The molecule has 1 spiro atoms. The van der Waals surface area contributed by atoms with Crippen molar-refractivity contribution in [2.45, 2.75) is 44.8 Å². The first-order valence-electron chi connectivity index (χ1n) is 7.65. The smallest absolute Gasteiger partial charge is 0.234 e. The molecule has 6 atom stereocenters. The van der Waals surface area contributed by atoms with Gasteiger partial charge in [0.15, 0.2) is 0 Å². The van der Waals surface area contributed by atoms with E-state index in [1.54, 1.807) is 4.90 Å². The number of Topliss-reactive ketones (excluding diaryl/α,β-unsaturated/α-hetero) is 1. The summed E-state index contributed by atoms with van der Waals surface area (Å²) in [6.07, 6.45) is 1.75. The third-order valence-corrected chi connectivity index (χ3v) is 6.77. The minimum Gasteiger partial charge on any atom is -0.395 e. The Bertz CT molecular complexity index is 506. The molecule has 110 valence electrons. The number of ketones is 1. The van der Waals surface area contributed by atoms with Crippen LogP contribution in [0.1, 0.15) is 32.6 Å². The fourth-order valence-corrected chi connectivity index (χ4v) is 6.08. The number of likely N-dealkylation sites (tertiary alicyclic amines) is 1. The van der Waals surface area contributed by atoms with Crippen molar-refractivity contribution in [1.29, 1.82) is 0 Å². The number of amides is 1. The minimum atomic E-state index is -1.06.